The van der Waals surface area contributed by atoms with Gasteiger partial charge in [-0.1, -0.05) is 13.0 Å². The summed E-state index contributed by atoms with van der Waals surface area (Å²) in [5.41, 5.74) is 9.77. The average Bonchev–Trinajstić information content (AvgIpc) is 2.47. The normalized spacial score (nSPS) is 16.3. The Morgan fingerprint density at radius 2 is 2.11 bits per heavy atom. The molecule has 1 saturated heterocycles. The molecule has 0 aliphatic carbocycles. The molecule has 1 heterocycles. The van der Waals surface area contributed by atoms with E-state index in [9.17, 15) is 4.79 Å². The van der Waals surface area contributed by atoms with Crippen LogP contribution in [0.25, 0.3) is 0 Å². The summed E-state index contributed by atoms with van der Waals surface area (Å²) in [7, 11) is 1.40. The van der Waals surface area contributed by atoms with Gasteiger partial charge in [0.2, 0.25) is 0 Å². The fraction of sp³-hybridized carbons (Fsp3) is 0.533. The van der Waals surface area contributed by atoms with Gasteiger partial charge in [0, 0.05) is 5.69 Å². The quantitative estimate of drug-likeness (QED) is 0.646. The van der Waals surface area contributed by atoms with Crippen molar-refractivity contribution in [3.63, 3.8) is 0 Å². The predicted octanol–water partition coefficient (Wildman–Crippen LogP) is 2.08. The van der Waals surface area contributed by atoms with Crippen molar-refractivity contribution in [2.75, 3.05) is 25.9 Å². The number of nitrogens with two attached hydrogens (primary N) is 1. The molecule has 0 atom stereocenters. The average molecular weight is 262 g/mol. The molecule has 0 unspecified atom stereocenters. The Morgan fingerprint density at radius 1 is 1.42 bits per heavy atom. The second kappa shape index (κ2) is 6.06. The maximum atomic E-state index is 11.7. The van der Waals surface area contributed by atoms with Gasteiger partial charge in [0.15, 0.2) is 0 Å². The SMILES string of the molecule is CCc1c(C(=O)OC)ccc(C2CCNCC2)c1N. The molecular weight excluding hydrogens is 240 g/mol. The van der Waals surface area contributed by atoms with Crippen LogP contribution in [0.2, 0.25) is 0 Å². The van der Waals surface area contributed by atoms with Crippen molar-refractivity contribution in [3.8, 4) is 0 Å². The van der Waals surface area contributed by atoms with Gasteiger partial charge in [-0.05, 0) is 55.5 Å². The Kier molecular flexibility index (Phi) is 4.43. The Morgan fingerprint density at radius 3 is 2.68 bits per heavy atom. The zero-order chi connectivity index (χ0) is 13.8. The van der Waals surface area contributed by atoms with Crippen molar-refractivity contribution in [1.82, 2.24) is 5.32 Å². The molecule has 0 bridgehead atoms. The Bertz CT molecular complexity index is 465. The summed E-state index contributed by atoms with van der Waals surface area (Å²) in [6, 6.07) is 3.86. The van der Waals surface area contributed by atoms with E-state index in [1.165, 1.54) is 12.7 Å². The molecule has 4 nitrogen and oxygen atoms in total. The smallest absolute Gasteiger partial charge is 0.338 e. The summed E-state index contributed by atoms with van der Waals surface area (Å²) in [5.74, 6) is 0.193. The second-order valence-electron chi connectivity index (χ2n) is 4.96. The number of nitrogens with one attached hydrogen (secondary N) is 1. The number of nitrogen functional groups attached to an aromatic ring is 1. The Labute approximate surface area is 114 Å². The lowest BCUT2D eigenvalue weighted by molar-refractivity contribution is 0.0599. The van der Waals surface area contributed by atoms with E-state index in [0.717, 1.165) is 43.6 Å². The first kappa shape index (κ1) is 13.9. The summed E-state index contributed by atoms with van der Waals surface area (Å²) >= 11 is 0. The molecule has 0 radical (unpaired) electrons. The molecule has 1 aromatic rings. The van der Waals surface area contributed by atoms with E-state index < -0.39 is 0 Å². The monoisotopic (exact) mass is 262 g/mol. The summed E-state index contributed by atoms with van der Waals surface area (Å²) < 4.78 is 4.81. The summed E-state index contributed by atoms with van der Waals surface area (Å²) in [6.07, 6.45) is 2.95. The highest BCUT2D eigenvalue weighted by Crippen LogP contribution is 2.33. The fourth-order valence-electron chi connectivity index (χ4n) is 2.85. The molecule has 104 valence electrons. The molecule has 0 aromatic heterocycles. The first-order valence-corrected chi connectivity index (χ1v) is 6.89. The third-order valence-electron chi connectivity index (χ3n) is 3.93. The number of piperidine rings is 1. The number of rotatable bonds is 3. The number of esters is 1. The van der Waals surface area contributed by atoms with Crippen molar-refractivity contribution >= 4 is 11.7 Å². The Balaban J connectivity index is 2.39. The van der Waals surface area contributed by atoms with E-state index in [1.807, 2.05) is 19.1 Å². The van der Waals surface area contributed by atoms with Gasteiger partial charge in [-0.25, -0.2) is 4.79 Å². The van der Waals surface area contributed by atoms with Gasteiger partial charge in [-0.3, -0.25) is 0 Å². The van der Waals surface area contributed by atoms with Crippen LogP contribution in [0.4, 0.5) is 5.69 Å². The van der Waals surface area contributed by atoms with Crippen molar-refractivity contribution in [2.24, 2.45) is 0 Å². The predicted molar refractivity (Wildman–Crippen MR) is 76.4 cm³/mol. The molecule has 3 N–H and O–H groups in total. The van der Waals surface area contributed by atoms with E-state index >= 15 is 0 Å². The van der Waals surface area contributed by atoms with Crippen LogP contribution < -0.4 is 11.1 Å². The zero-order valence-corrected chi connectivity index (χ0v) is 11.7. The fourth-order valence-corrected chi connectivity index (χ4v) is 2.85. The largest absolute Gasteiger partial charge is 0.465 e. The van der Waals surface area contributed by atoms with E-state index in [0.29, 0.717) is 11.5 Å². The van der Waals surface area contributed by atoms with Crippen LogP contribution in [0.15, 0.2) is 12.1 Å². The molecule has 1 aliphatic heterocycles. The topological polar surface area (TPSA) is 64.3 Å². The molecule has 2 rings (SSSR count). The second-order valence-corrected chi connectivity index (χ2v) is 4.96. The van der Waals surface area contributed by atoms with Crippen molar-refractivity contribution in [2.45, 2.75) is 32.1 Å². The molecule has 1 aromatic carbocycles. The van der Waals surface area contributed by atoms with Crippen molar-refractivity contribution in [1.29, 1.82) is 0 Å². The number of benzene rings is 1. The number of anilines is 1. The number of methoxy groups -OCH3 is 1. The molecule has 19 heavy (non-hydrogen) atoms. The van der Waals surface area contributed by atoms with Gasteiger partial charge in [-0.15, -0.1) is 0 Å². The number of hydrogen-bond acceptors (Lipinski definition) is 4. The van der Waals surface area contributed by atoms with Gasteiger partial charge >= 0.3 is 5.97 Å². The molecule has 1 fully saturated rings. The zero-order valence-electron chi connectivity index (χ0n) is 11.7. The van der Waals surface area contributed by atoms with Gasteiger partial charge in [-0.2, -0.15) is 0 Å². The van der Waals surface area contributed by atoms with Crippen LogP contribution in [0.5, 0.6) is 0 Å². The third kappa shape index (κ3) is 2.73. The highest BCUT2D eigenvalue weighted by Gasteiger charge is 2.21. The molecular formula is C15H22N2O2. The van der Waals surface area contributed by atoms with Crippen LogP contribution in [-0.4, -0.2) is 26.2 Å². The van der Waals surface area contributed by atoms with Crippen LogP contribution in [-0.2, 0) is 11.2 Å². The van der Waals surface area contributed by atoms with Gasteiger partial charge < -0.3 is 15.8 Å². The van der Waals surface area contributed by atoms with Gasteiger partial charge in [0.1, 0.15) is 0 Å². The first-order valence-electron chi connectivity index (χ1n) is 6.89. The standard InChI is InChI=1S/C15H22N2O2/c1-3-11-13(15(18)19-2)5-4-12(14(11)16)10-6-8-17-9-7-10/h4-5,10,17H,3,6-9,16H2,1-2H3. The van der Waals surface area contributed by atoms with Crippen LogP contribution >= 0.6 is 0 Å². The van der Waals surface area contributed by atoms with Gasteiger partial charge in [0.25, 0.3) is 0 Å². The van der Waals surface area contributed by atoms with E-state index in [-0.39, 0.29) is 5.97 Å². The molecule has 1 aliphatic rings. The van der Waals surface area contributed by atoms with Crippen LogP contribution in [0.3, 0.4) is 0 Å². The minimum Gasteiger partial charge on any atom is -0.465 e. The lowest BCUT2D eigenvalue weighted by Crippen LogP contribution is -2.27. The number of hydrogen-bond donors (Lipinski definition) is 2. The summed E-state index contributed by atoms with van der Waals surface area (Å²) in [4.78, 5) is 11.7. The lowest BCUT2D eigenvalue weighted by atomic mass is 9.86. The maximum Gasteiger partial charge on any atom is 0.338 e. The van der Waals surface area contributed by atoms with Gasteiger partial charge in [0.05, 0.1) is 12.7 Å². The van der Waals surface area contributed by atoms with Crippen molar-refractivity contribution < 1.29 is 9.53 Å². The number of carbonyl (C=O) groups is 1. The maximum absolute atomic E-state index is 11.7. The molecule has 4 heteroatoms. The highest BCUT2D eigenvalue weighted by molar-refractivity contribution is 5.93. The molecule has 0 amide bonds. The lowest BCUT2D eigenvalue weighted by Gasteiger charge is -2.25. The Hall–Kier alpha value is -1.55. The number of carbonyl (C=O) groups excluding carboxylic acids is 1. The molecule has 0 spiro atoms. The van der Waals surface area contributed by atoms with Crippen LogP contribution in [0, 0.1) is 0 Å². The van der Waals surface area contributed by atoms with Crippen molar-refractivity contribution in [3.05, 3.63) is 28.8 Å². The van der Waals surface area contributed by atoms with Crippen LogP contribution in [0.1, 0.15) is 47.2 Å². The highest BCUT2D eigenvalue weighted by atomic mass is 16.5. The molecule has 0 saturated carbocycles. The minimum absolute atomic E-state index is 0.305. The van der Waals surface area contributed by atoms with E-state index in [4.69, 9.17) is 10.5 Å². The minimum atomic E-state index is -0.305. The summed E-state index contributed by atoms with van der Waals surface area (Å²) in [5, 5.41) is 3.36. The summed E-state index contributed by atoms with van der Waals surface area (Å²) in [6.45, 7) is 4.08. The van der Waals surface area contributed by atoms with E-state index in [2.05, 4.69) is 5.32 Å². The first-order chi connectivity index (χ1) is 9.19. The number of ether oxygens (including phenoxy) is 1. The third-order valence-corrected chi connectivity index (χ3v) is 3.93. The van der Waals surface area contributed by atoms with E-state index in [1.54, 1.807) is 0 Å².